The number of pyridine rings is 1. The molecule has 0 radical (unpaired) electrons. The third-order valence-corrected chi connectivity index (χ3v) is 1.76. The Morgan fingerprint density at radius 3 is 2.12 bits per heavy atom. The Hall–Kier alpha value is -1.47. The summed E-state index contributed by atoms with van der Waals surface area (Å²) in [7, 11) is 0. The lowest BCUT2D eigenvalue weighted by molar-refractivity contribution is -0.165. The van der Waals surface area contributed by atoms with Gasteiger partial charge in [0.2, 0.25) is 0 Å². The number of alkyl halides is 6. The average Bonchev–Trinajstić information content (AvgIpc) is 2.14. The summed E-state index contributed by atoms with van der Waals surface area (Å²) in [6.07, 6.45) is -9.73. The minimum atomic E-state index is -5.18. The Labute approximate surface area is 92.2 Å². The highest BCUT2D eigenvalue weighted by Gasteiger charge is 2.47. The number of halogens is 6. The van der Waals surface area contributed by atoms with E-state index in [1.54, 1.807) is 0 Å². The van der Waals surface area contributed by atoms with Gasteiger partial charge in [-0.1, -0.05) is 0 Å². The highest BCUT2D eigenvalue weighted by Crippen LogP contribution is 2.43. The van der Waals surface area contributed by atoms with Crippen molar-refractivity contribution in [1.82, 2.24) is 4.98 Å². The Kier molecular flexibility index (Phi) is 3.53. The minimum Gasteiger partial charge on any atom is -0.493 e. The van der Waals surface area contributed by atoms with Crippen LogP contribution in [0, 0.1) is 0 Å². The molecule has 0 N–H and O–H groups in total. The molecule has 1 aromatic heterocycles. The van der Waals surface area contributed by atoms with E-state index >= 15 is 0 Å². The summed E-state index contributed by atoms with van der Waals surface area (Å²) < 4.78 is 79.3. The van der Waals surface area contributed by atoms with Crippen molar-refractivity contribution in [3.63, 3.8) is 0 Å². The molecule has 1 rings (SSSR count). The molecule has 0 aliphatic carbocycles. The zero-order valence-electron chi connectivity index (χ0n) is 8.49. The lowest BCUT2D eigenvalue weighted by Crippen LogP contribution is -2.19. The van der Waals surface area contributed by atoms with E-state index in [1.807, 2.05) is 0 Å². The quantitative estimate of drug-likeness (QED) is 0.758. The van der Waals surface area contributed by atoms with Crippen molar-refractivity contribution in [1.29, 1.82) is 0 Å². The standard InChI is InChI=1S/C9H7F6NO/c1-2-17-5-3-4-16-7(9(13,14)15)6(5)8(10,11)12/h3-4H,2H2,1H3. The third-order valence-electron chi connectivity index (χ3n) is 1.76. The van der Waals surface area contributed by atoms with Crippen LogP contribution in [-0.2, 0) is 12.4 Å². The summed E-state index contributed by atoms with van der Waals surface area (Å²) in [6.45, 7) is 1.19. The first-order valence-electron chi connectivity index (χ1n) is 4.44. The zero-order chi connectivity index (χ0) is 13.3. The molecule has 0 fully saturated rings. The lowest BCUT2D eigenvalue weighted by Gasteiger charge is -2.17. The minimum absolute atomic E-state index is 0.176. The van der Waals surface area contributed by atoms with Gasteiger partial charge >= 0.3 is 12.4 Å². The predicted octanol–water partition coefficient (Wildman–Crippen LogP) is 3.52. The largest absolute Gasteiger partial charge is 0.493 e. The maximum atomic E-state index is 12.5. The van der Waals surface area contributed by atoms with Crippen molar-refractivity contribution >= 4 is 0 Å². The van der Waals surface area contributed by atoms with Gasteiger partial charge in [0.15, 0.2) is 5.69 Å². The van der Waals surface area contributed by atoms with Gasteiger partial charge in [0.25, 0.3) is 0 Å². The summed E-state index contributed by atoms with van der Waals surface area (Å²) in [5, 5.41) is 0. The summed E-state index contributed by atoms with van der Waals surface area (Å²) in [6, 6.07) is 0.752. The Morgan fingerprint density at radius 2 is 1.71 bits per heavy atom. The highest BCUT2D eigenvalue weighted by molar-refractivity contribution is 5.39. The van der Waals surface area contributed by atoms with Gasteiger partial charge in [-0.25, -0.2) is 0 Å². The van der Waals surface area contributed by atoms with Crippen molar-refractivity contribution < 1.29 is 31.1 Å². The molecule has 0 aliphatic heterocycles. The van der Waals surface area contributed by atoms with Gasteiger partial charge in [-0.05, 0) is 13.0 Å². The lowest BCUT2D eigenvalue weighted by atomic mass is 10.1. The topological polar surface area (TPSA) is 22.1 Å². The molecule has 0 aromatic carbocycles. The van der Waals surface area contributed by atoms with Gasteiger partial charge in [0.05, 0.1) is 6.61 Å². The first-order chi connectivity index (χ1) is 7.68. The van der Waals surface area contributed by atoms with E-state index in [0.717, 1.165) is 6.07 Å². The Balaban J connectivity index is 3.46. The second kappa shape index (κ2) is 4.42. The van der Waals surface area contributed by atoms with E-state index in [1.165, 1.54) is 6.92 Å². The van der Waals surface area contributed by atoms with Crippen molar-refractivity contribution in [2.75, 3.05) is 6.61 Å². The first-order valence-corrected chi connectivity index (χ1v) is 4.44. The number of ether oxygens (including phenoxy) is 1. The van der Waals surface area contributed by atoms with E-state index in [4.69, 9.17) is 0 Å². The third kappa shape index (κ3) is 3.01. The zero-order valence-corrected chi connectivity index (χ0v) is 8.49. The van der Waals surface area contributed by atoms with Gasteiger partial charge in [-0.15, -0.1) is 0 Å². The molecule has 0 amide bonds. The molecule has 0 bridgehead atoms. The van der Waals surface area contributed by atoms with Gasteiger partial charge < -0.3 is 4.74 Å². The van der Waals surface area contributed by atoms with Crippen LogP contribution in [0.2, 0.25) is 0 Å². The number of nitrogens with zero attached hydrogens (tertiary/aromatic N) is 1. The van der Waals surface area contributed by atoms with E-state index in [2.05, 4.69) is 9.72 Å². The highest BCUT2D eigenvalue weighted by atomic mass is 19.4. The van der Waals surface area contributed by atoms with Gasteiger partial charge in [-0.3, -0.25) is 4.98 Å². The van der Waals surface area contributed by atoms with E-state index in [-0.39, 0.29) is 6.61 Å². The van der Waals surface area contributed by atoms with Crippen molar-refractivity contribution in [3.05, 3.63) is 23.5 Å². The summed E-state index contributed by atoms with van der Waals surface area (Å²) in [4.78, 5) is 2.73. The Morgan fingerprint density at radius 1 is 1.12 bits per heavy atom. The number of hydrogen-bond acceptors (Lipinski definition) is 2. The van der Waals surface area contributed by atoms with Crippen LogP contribution in [0.1, 0.15) is 18.2 Å². The Bertz CT molecular complexity index is 397. The van der Waals surface area contributed by atoms with Crippen molar-refractivity contribution in [3.8, 4) is 5.75 Å². The normalized spacial score (nSPS) is 12.6. The predicted molar refractivity (Wildman–Crippen MR) is 45.4 cm³/mol. The van der Waals surface area contributed by atoms with Gasteiger partial charge in [0, 0.05) is 6.20 Å². The smallest absolute Gasteiger partial charge is 0.434 e. The molecule has 0 saturated heterocycles. The molecular weight excluding hydrogens is 252 g/mol. The molecule has 96 valence electrons. The van der Waals surface area contributed by atoms with E-state index < -0.39 is 29.4 Å². The molecule has 1 aromatic rings. The molecule has 0 aliphatic rings. The van der Waals surface area contributed by atoms with Crippen LogP contribution in [0.5, 0.6) is 5.75 Å². The molecular formula is C9H7F6NO. The number of aromatic nitrogens is 1. The summed E-state index contributed by atoms with van der Waals surface area (Å²) in [5.41, 5.74) is -3.88. The molecule has 1 heterocycles. The van der Waals surface area contributed by atoms with Crippen molar-refractivity contribution in [2.24, 2.45) is 0 Å². The number of hydrogen-bond donors (Lipinski definition) is 0. The number of rotatable bonds is 2. The van der Waals surface area contributed by atoms with Crippen LogP contribution in [0.25, 0.3) is 0 Å². The molecule has 2 nitrogen and oxygen atoms in total. The maximum Gasteiger partial charge on any atom is 0.434 e. The molecule has 0 unspecified atom stereocenters. The van der Waals surface area contributed by atoms with Gasteiger partial charge in [0.1, 0.15) is 11.3 Å². The first kappa shape index (κ1) is 13.6. The molecule has 8 heteroatoms. The fourth-order valence-corrected chi connectivity index (χ4v) is 1.21. The SMILES string of the molecule is CCOc1ccnc(C(F)(F)F)c1C(F)(F)F. The van der Waals surface area contributed by atoms with Crippen LogP contribution < -0.4 is 4.74 Å². The monoisotopic (exact) mass is 259 g/mol. The molecule has 0 saturated carbocycles. The average molecular weight is 259 g/mol. The second-order valence-corrected chi connectivity index (χ2v) is 2.96. The maximum absolute atomic E-state index is 12.5. The van der Waals surface area contributed by atoms with Crippen molar-refractivity contribution in [2.45, 2.75) is 19.3 Å². The van der Waals surface area contributed by atoms with Crippen LogP contribution in [-0.4, -0.2) is 11.6 Å². The second-order valence-electron chi connectivity index (χ2n) is 2.96. The van der Waals surface area contributed by atoms with E-state index in [0.29, 0.717) is 6.20 Å². The fourth-order valence-electron chi connectivity index (χ4n) is 1.21. The molecule has 0 atom stereocenters. The van der Waals surface area contributed by atoms with Crippen LogP contribution >= 0.6 is 0 Å². The molecule has 0 spiro atoms. The fraction of sp³-hybridized carbons (Fsp3) is 0.444. The van der Waals surface area contributed by atoms with Crippen LogP contribution in [0.4, 0.5) is 26.3 Å². The van der Waals surface area contributed by atoms with Crippen LogP contribution in [0.15, 0.2) is 12.3 Å². The van der Waals surface area contributed by atoms with Gasteiger partial charge in [-0.2, -0.15) is 26.3 Å². The van der Waals surface area contributed by atoms with Crippen LogP contribution in [0.3, 0.4) is 0 Å². The van der Waals surface area contributed by atoms with E-state index in [9.17, 15) is 26.3 Å². The summed E-state index contributed by atoms with van der Waals surface area (Å²) >= 11 is 0. The summed E-state index contributed by atoms with van der Waals surface area (Å²) in [5.74, 6) is -0.873. The molecule has 17 heavy (non-hydrogen) atoms.